The smallest absolute Gasteiger partial charge is 0.273 e. The molecule has 0 aliphatic rings. The van der Waals surface area contributed by atoms with E-state index < -0.39 is 5.91 Å². The third-order valence-electron chi connectivity index (χ3n) is 3.77. The zero-order valence-electron chi connectivity index (χ0n) is 14.2. The Morgan fingerprint density at radius 2 is 1.58 bits per heavy atom. The molecular formula is C19H20N2O3. The molecule has 0 atom stereocenters. The summed E-state index contributed by atoms with van der Waals surface area (Å²) in [4.78, 5) is 30.0. The van der Waals surface area contributed by atoms with Crippen molar-refractivity contribution in [3.8, 4) is 0 Å². The highest BCUT2D eigenvalue weighted by molar-refractivity contribution is 6.47. The fourth-order valence-electron chi connectivity index (χ4n) is 2.55. The molecular weight excluding hydrogens is 304 g/mol. The van der Waals surface area contributed by atoms with Gasteiger partial charge in [-0.1, -0.05) is 47.6 Å². The lowest BCUT2D eigenvalue weighted by atomic mass is 9.90. The largest absolute Gasteiger partial charge is 0.398 e. The number of nitrogens with zero attached hydrogens (tertiary/aromatic N) is 1. The number of likely N-dealkylation sites (N-methyl/N-ethyl adjacent to an activating group) is 1. The van der Waals surface area contributed by atoms with Crippen molar-refractivity contribution in [3.63, 3.8) is 0 Å². The lowest BCUT2D eigenvalue weighted by Crippen LogP contribution is -2.30. The number of hydrogen-bond acceptors (Lipinski definition) is 4. The van der Waals surface area contributed by atoms with Crippen molar-refractivity contribution < 1.29 is 14.4 Å². The number of nitrogens with one attached hydrogen (secondary N) is 1. The summed E-state index contributed by atoms with van der Waals surface area (Å²) >= 11 is 0. The van der Waals surface area contributed by atoms with E-state index in [2.05, 4.69) is 10.5 Å². The summed E-state index contributed by atoms with van der Waals surface area (Å²) in [5, 5.41) is 6.37. The Bertz CT molecular complexity index is 810. The summed E-state index contributed by atoms with van der Waals surface area (Å²) in [7, 11) is 2.87. The van der Waals surface area contributed by atoms with Crippen LogP contribution in [-0.4, -0.2) is 31.6 Å². The first kappa shape index (κ1) is 17.4. The third kappa shape index (κ3) is 3.35. The maximum Gasteiger partial charge on any atom is 0.273 e. The zero-order valence-corrected chi connectivity index (χ0v) is 14.2. The Balaban J connectivity index is 2.67. The van der Waals surface area contributed by atoms with Gasteiger partial charge in [-0.3, -0.25) is 9.59 Å². The van der Waals surface area contributed by atoms with E-state index in [0.717, 1.165) is 11.1 Å². The summed E-state index contributed by atoms with van der Waals surface area (Å²) < 4.78 is 0. The first-order chi connectivity index (χ1) is 11.5. The Morgan fingerprint density at radius 3 is 2.21 bits per heavy atom. The molecule has 0 unspecified atom stereocenters. The number of amides is 1. The molecule has 0 saturated carbocycles. The van der Waals surface area contributed by atoms with E-state index in [9.17, 15) is 9.59 Å². The summed E-state index contributed by atoms with van der Waals surface area (Å²) in [5.74, 6) is -0.565. The molecule has 0 spiro atoms. The van der Waals surface area contributed by atoms with Gasteiger partial charge in [0.1, 0.15) is 7.11 Å². The van der Waals surface area contributed by atoms with E-state index in [1.807, 2.05) is 38.1 Å². The topological polar surface area (TPSA) is 67.8 Å². The van der Waals surface area contributed by atoms with Crippen molar-refractivity contribution in [2.45, 2.75) is 13.8 Å². The fourth-order valence-corrected chi connectivity index (χ4v) is 2.55. The van der Waals surface area contributed by atoms with Crippen LogP contribution < -0.4 is 5.32 Å². The molecule has 0 bridgehead atoms. The Hall–Kier alpha value is -2.95. The average molecular weight is 324 g/mol. The highest BCUT2D eigenvalue weighted by atomic mass is 16.6. The number of ketones is 1. The lowest BCUT2D eigenvalue weighted by Gasteiger charge is -2.14. The molecule has 0 saturated heterocycles. The number of carbonyl (C=O) groups is 2. The molecule has 5 nitrogen and oxygen atoms in total. The molecule has 2 aromatic rings. The zero-order chi connectivity index (χ0) is 17.7. The van der Waals surface area contributed by atoms with Crippen LogP contribution in [0.4, 0.5) is 0 Å². The van der Waals surface area contributed by atoms with Crippen molar-refractivity contribution >= 4 is 17.4 Å². The van der Waals surface area contributed by atoms with Crippen LogP contribution in [0.15, 0.2) is 47.6 Å². The number of hydrogen-bond donors (Lipinski definition) is 1. The second-order valence-electron chi connectivity index (χ2n) is 5.34. The second kappa shape index (κ2) is 7.55. The Morgan fingerprint density at radius 1 is 0.958 bits per heavy atom. The van der Waals surface area contributed by atoms with Gasteiger partial charge in [0.2, 0.25) is 0 Å². The van der Waals surface area contributed by atoms with Gasteiger partial charge in [-0.25, -0.2) is 0 Å². The predicted octanol–water partition coefficient (Wildman–Crippen LogP) is 2.63. The molecule has 0 heterocycles. The highest BCUT2D eigenvalue weighted by Crippen LogP contribution is 2.21. The molecule has 0 aliphatic heterocycles. The van der Waals surface area contributed by atoms with Gasteiger partial charge in [-0.2, -0.15) is 0 Å². The maximum absolute atomic E-state index is 13.0. The molecule has 0 aliphatic carbocycles. The van der Waals surface area contributed by atoms with Crippen molar-refractivity contribution in [3.05, 3.63) is 70.3 Å². The standard InChI is InChI=1S/C19H20N2O3/c1-12-8-5-6-10-14(12)18(22)15-11-7-9-13(2)16(15)17(21-24-4)19(23)20-3/h5-11H,1-4H3,(H,20,23)/b21-17+. The minimum atomic E-state index is -0.412. The van der Waals surface area contributed by atoms with Crippen LogP contribution in [0.5, 0.6) is 0 Å². The van der Waals surface area contributed by atoms with E-state index in [1.165, 1.54) is 14.2 Å². The molecule has 2 rings (SSSR count). The van der Waals surface area contributed by atoms with Crippen LogP contribution in [0.1, 0.15) is 32.6 Å². The van der Waals surface area contributed by atoms with Gasteiger partial charge in [0.25, 0.3) is 5.91 Å². The van der Waals surface area contributed by atoms with Gasteiger partial charge in [-0.05, 0) is 25.0 Å². The minimum absolute atomic E-state index is 0.0787. The lowest BCUT2D eigenvalue weighted by molar-refractivity contribution is -0.114. The van der Waals surface area contributed by atoms with Crippen LogP contribution in [0.2, 0.25) is 0 Å². The molecule has 1 N–H and O–H groups in total. The van der Waals surface area contributed by atoms with E-state index in [0.29, 0.717) is 16.7 Å². The predicted molar refractivity (Wildman–Crippen MR) is 93.4 cm³/mol. The number of oxime groups is 1. The molecule has 5 heteroatoms. The molecule has 2 aromatic carbocycles. The summed E-state index contributed by atoms with van der Waals surface area (Å²) in [6.45, 7) is 3.71. The normalized spacial score (nSPS) is 11.1. The Labute approximate surface area is 141 Å². The van der Waals surface area contributed by atoms with Crippen molar-refractivity contribution in [1.29, 1.82) is 0 Å². The SMILES string of the molecule is CNC(=O)/C(=N/OC)c1c(C)cccc1C(=O)c1ccccc1C. The maximum atomic E-state index is 13.0. The van der Waals surface area contributed by atoms with Crippen molar-refractivity contribution in [1.82, 2.24) is 5.32 Å². The quantitative estimate of drug-likeness (QED) is 0.522. The summed E-state index contributed by atoms with van der Waals surface area (Å²) in [5.41, 5.74) is 3.22. The van der Waals surface area contributed by atoms with Crippen molar-refractivity contribution in [2.75, 3.05) is 14.2 Å². The van der Waals surface area contributed by atoms with Crippen LogP contribution >= 0.6 is 0 Å². The molecule has 0 radical (unpaired) electrons. The van der Waals surface area contributed by atoms with E-state index in [4.69, 9.17) is 4.84 Å². The second-order valence-corrected chi connectivity index (χ2v) is 5.34. The van der Waals surface area contributed by atoms with E-state index in [1.54, 1.807) is 18.2 Å². The van der Waals surface area contributed by atoms with E-state index in [-0.39, 0.29) is 11.5 Å². The van der Waals surface area contributed by atoms with Gasteiger partial charge in [0, 0.05) is 23.7 Å². The first-order valence-electron chi connectivity index (χ1n) is 7.54. The Kier molecular flexibility index (Phi) is 5.47. The van der Waals surface area contributed by atoms with Crippen molar-refractivity contribution in [2.24, 2.45) is 5.16 Å². The molecule has 0 aromatic heterocycles. The average Bonchev–Trinajstić information content (AvgIpc) is 2.59. The number of benzene rings is 2. The summed E-state index contributed by atoms with van der Waals surface area (Å²) in [6.07, 6.45) is 0. The molecule has 24 heavy (non-hydrogen) atoms. The van der Waals surface area contributed by atoms with Gasteiger partial charge in [-0.15, -0.1) is 0 Å². The fraction of sp³-hybridized carbons (Fsp3) is 0.211. The molecule has 0 fully saturated rings. The van der Waals surface area contributed by atoms with Gasteiger partial charge >= 0.3 is 0 Å². The first-order valence-corrected chi connectivity index (χ1v) is 7.54. The minimum Gasteiger partial charge on any atom is -0.398 e. The van der Waals surface area contributed by atoms with E-state index >= 15 is 0 Å². The molecule has 124 valence electrons. The third-order valence-corrected chi connectivity index (χ3v) is 3.77. The number of rotatable bonds is 5. The van der Waals surface area contributed by atoms with Gasteiger partial charge in [0.15, 0.2) is 11.5 Å². The summed E-state index contributed by atoms with van der Waals surface area (Å²) in [6, 6.07) is 12.7. The monoisotopic (exact) mass is 324 g/mol. The van der Waals surface area contributed by atoms with Crippen LogP contribution in [0.3, 0.4) is 0 Å². The van der Waals surface area contributed by atoms with Crippen LogP contribution in [0.25, 0.3) is 0 Å². The van der Waals surface area contributed by atoms with Crippen LogP contribution in [-0.2, 0) is 9.63 Å². The van der Waals surface area contributed by atoms with Gasteiger partial charge < -0.3 is 10.2 Å². The van der Waals surface area contributed by atoms with Gasteiger partial charge in [0.05, 0.1) is 0 Å². The number of aryl methyl sites for hydroxylation is 2. The van der Waals surface area contributed by atoms with Crippen LogP contribution in [0, 0.1) is 13.8 Å². The molecule has 1 amide bonds. The highest BCUT2D eigenvalue weighted by Gasteiger charge is 2.24. The number of carbonyl (C=O) groups excluding carboxylic acids is 2.